The summed E-state index contributed by atoms with van der Waals surface area (Å²) in [4.78, 5) is 37.9. The Kier molecular flexibility index (Phi) is 4.28. The number of rotatable bonds is 4. The van der Waals surface area contributed by atoms with Crippen molar-refractivity contribution < 1.29 is 23.9 Å². The first-order chi connectivity index (χ1) is 11.8. The number of nitrogens with one attached hydrogen (secondary N) is 2. The minimum absolute atomic E-state index is 0.0718. The molecular weight excluding hydrogens is 326 g/mol. The van der Waals surface area contributed by atoms with Crippen LogP contribution in [0.1, 0.15) is 26.3 Å². The molecule has 0 aliphatic carbocycles. The van der Waals surface area contributed by atoms with Crippen molar-refractivity contribution in [3.8, 4) is 11.5 Å². The lowest BCUT2D eigenvalue weighted by Gasteiger charge is -2.25. The minimum atomic E-state index is -1.26. The summed E-state index contributed by atoms with van der Waals surface area (Å²) in [6, 6.07) is 4.44. The van der Waals surface area contributed by atoms with Crippen LogP contribution in [0.15, 0.2) is 18.2 Å². The van der Waals surface area contributed by atoms with E-state index in [1.54, 1.807) is 25.1 Å². The van der Waals surface area contributed by atoms with E-state index in [2.05, 4.69) is 10.6 Å². The third kappa shape index (κ3) is 3.11. The summed E-state index contributed by atoms with van der Waals surface area (Å²) in [5.74, 6) is 0.268. The van der Waals surface area contributed by atoms with Gasteiger partial charge in [0, 0.05) is 6.04 Å². The van der Waals surface area contributed by atoms with Gasteiger partial charge >= 0.3 is 6.03 Å². The van der Waals surface area contributed by atoms with E-state index in [1.807, 2.05) is 13.8 Å². The molecule has 8 nitrogen and oxygen atoms in total. The van der Waals surface area contributed by atoms with Gasteiger partial charge in [0.2, 0.25) is 5.91 Å². The Balaban J connectivity index is 1.83. The van der Waals surface area contributed by atoms with Gasteiger partial charge in [-0.25, -0.2) is 4.79 Å². The quantitative estimate of drug-likeness (QED) is 0.784. The van der Waals surface area contributed by atoms with Gasteiger partial charge in [-0.05, 0) is 38.5 Å². The monoisotopic (exact) mass is 347 g/mol. The molecule has 0 unspecified atom stereocenters. The van der Waals surface area contributed by atoms with Crippen LogP contribution in [0.4, 0.5) is 4.79 Å². The number of carbonyl (C=O) groups is 3. The average molecular weight is 347 g/mol. The lowest BCUT2D eigenvalue weighted by atomic mass is 9.91. The molecule has 2 heterocycles. The molecule has 2 aliphatic rings. The zero-order chi connectivity index (χ0) is 18.2. The summed E-state index contributed by atoms with van der Waals surface area (Å²) >= 11 is 0. The lowest BCUT2D eigenvalue weighted by molar-refractivity contribution is -0.135. The summed E-state index contributed by atoms with van der Waals surface area (Å²) in [5, 5.41) is 5.34. The Labute approximate surface area is 145 Å². The van der Waals surface area contributed by atoms with E-state index in [0.29, 0.717) is 30.3 Å². The Bertz CT molecular complexity index is 733. The molecule has 0 bridgehead atoms. The average Bonchev–Trinajstić information content (AvgIpc) is 2.78. The van der Waals surface area contributed by atoms with Crippen molar-refractivity contribution in [2.24, 2.45) is 0 Å². The van der Waals surface area contributed by atoms with Crippen molar-refractivity contribution in [3.05, 3.63) is 23.8 Å². The van der Waals surface area contributed by atoms with Gasteiger partial charge in [-0.3, -0.25) is 14.5 Å². The molecule has 0 aromatic heterocycles. The molecule has 1 fully saturated rings. The fourth-order valence-corrected chi connectivity index (χ4v) is 2.90. The number of ether oxygens (including phenoxy) is 2. The van der Waals surface area contributed by atoms with Gasteiger partial charge in [-0.15, -0.1) is 0 Å². The van der Waals surface area contributed by atoms with Crippen molar-refractivity contribution in [3.63, 3.8) is 0 Å². The van der Waals surface area contributed by atoms with Gasteiger partial charge < -0.3 is 20.1 Å². The fraction of sp³-hybridized carbons (Fsp3) is 0.471. The van der Waals surface area contributed by atoms with E-state index in [9.17, 15) is 14.4 Å². The molecule has 1 aromatic rings. The lowest BCUT2D eigenvalue weighted by Crippen LogP contribution is -2.44. The normalized spacial score (nSPS) is 22.2. The SMILES string of the molecule is CC(C)NC(=O)CN1C(=O)N[C@](C)(c2ccc3c(c2)OCCO3)C1=O. The molecule has 3 rings (SSSR count). The van der Waals surface area contributed by atoms with Gasteiger partial charge in [0.1, 0.15) is 25.3 Å². The maximum Gasteiger partial charge on any atom is 0.325 e. The van der Waals surface area contributed by atoms with Crippen LogP contribution in [0.5, 0.6) is 11.5 Å². The molecule has 2 aliphatic heterocycles. The van der Waals surface area contributed by atoms with Crippen LogP contribution in [0, 0.1) is 0 Å². The number of hydrogen-bond acceptors (Lipinski definition) is 5. The van der Waals surface area contributed by atoms with E-state index >= 15 is 0 Å². The van der Waals surface area contributed by atoms with Gasteiger partial charge in [-0.1, -0.05) is 6.07 Å². The Morgan fingerprint density at radius 2 is 1.96 bits per heavy atom. The molecule has 1 atom stereocenters. The summed E-state index contributed by atoms with van der Waals surface area (Å²) < 4.78 is 11.0. The molecule has 8 heteroatoms. The second-order valence-corrected chi connectivity index (χ2v) is 6.53. The molecular formula is C17H21N3O5. The van der Waals surface area contributed by atoms with Crippen LogP contribution >= 0.6 is 0 Å². The van der Waals surface area contributed by atoms with E-state index in [0.717, 1.165) is 4.90 Å². The highest BCUT2D eigenvalue weighted by atomic mass is 16.6. The smallest absolute Gasteiger partial charge is 0.325 e. The third-order valence-corrected chi connectivity index (χ3v) is 4.15. The summed E-state index contributed by atoms with van der Waals surface area (Å²) in [6.45, 7) is 5.81. The summed E-state index contributed by atoms with van der Waals surface area (Å²) in [6.07, 6.45) is 0. The zero-order valence-electron chi connectivity index (χ0n) is 14.4. The number of amides is 4. The van der Waals surface area contributed by atoms with Crippen molar-refractivity contribution >= 4 is 17.8 Å². The van der Waals surface area contributed by atoms with Crippen LogP contribution in [-0.2, 0) is 15.1 Å². The Morgan fingerprint density at radius 1 is 1.28 bits per heavy atom. The molecule has 0 saturated carbocycles. The fourth-order valence-electron chi connectivity index (χ4n) is 2.90. The first kappa shape index (κ1) is 17.1. The highest BCUT2D eigenvalue weighted by molar-refractivity contribution is 6.09. The van der Waals surface area contributed by atoms with E-state index in [4.69, 9.17) is 9.47 Å². The minimum Gasteiger partial charge on any atom is -0.486 e. The number of urea groups is 1. The second kappa shape index (κ2) is 6.27. The maximum atomic E-state index is 12.8. The molecule has 0 spiro atoms. The van der Waals surface area contributed by atoms with Crippen LogP contribution in [0.3, 0.4) is 0 Å². The van der Waals surface area contributed by atoms with Gasteiger partial charge in [0.15, 0.2) is 11.5 Å². The summed E-state index contributed by atoms with van der Waals surface area (Å²) in [7, 11) is 0. The van der Waals surface area contributed by atoms with Gasteiger partial charge in [0.25, 0.3) is 5.91 Å². The molecule has 134 valence electrons. The Morgan fingerprint density at radius 3 is 2.64 bits per heavy atom. The number of nitrogens with zero attached hydrogens (tertiary/aromatic N) is 1. The van der Waals surface area contributed by atoms with E-state index in [-0.39, 0.29) is 18.5 Å². The van der Waals surface area contributed by atoms with Crippen LogP contribution in [0.25, 0.3) is 0 Å². The molecule has 2 N–H and O–H groups in total. The molecule has 4 amide bonds. The zero-order valence-corrected chi connectivity index (χ0v) is 14.4. The maximum absolute atomic E-state index is 12.8. The number of carbonyl (C=O) groups excluding carboxylic acids is 3. The number of benzene rings is 1. The number of imide groups is 1. The van der Waals surface area contributed by atoms with Crippen molar-refractivity contribution in [1.29, 1.82) is 0 Å². The first-order valence-electron chi connectivity index (χ1n) is 8.15. The topological polar surface area (TPSA) is 97.0 Å². The molecule has 25 heavy (non-hydrogen) atoms. The third-order valence-electron chi connectivity index (χ3n) is 4.15. The van der Waals surface area contributed by atoms with Crippen molar-refractivity contribution in [1.82, 2.24) is 15.5 Å². The Hall–Kier alpha value is -2.77. The van der Waals surface area contributed by atoms with E-state index < -0.39 is 17.5 Å². The molecule has 0 radical (unpaired) electrons. The first-order valence-corrected chi connectivity index (χ1v) is 8.15. The van der Waals surface area contributed by atoms with Crippen LogP contribution in [0.2, 0.25) is 0 Å². The standard InChI is InChI=1S/C17H21N3O5/c1-10(2)18-14(21)9-20-15(22)17(3,19-16(20)23)11-4-5-12-13(8-11)25-7-6-24-12/h4-5,8,10H,6-7,9H2,1-3H3,(H,18,21)(H,19,23)/t17-/m1/s1. The van der Waals surface area contributed by atoms with Crippen molar-refractivity contribution in [2.75, 3.05) is 19.8 Å². The predicted molar refractivity (Wildman–Crippen MR) is 88.3 cm³/mol. The second-order valence-electron chi connectivity index (χ2n) is 6.53. The highest BCUT2D eigenvalue weighted by Crippen LogP contribution is 2.36. The van der Waals surface area contributed by atoms with Crippen LogP contribution < -0.4 is 20.1 Å². The van der Waals surface area contributed by atoms with Crippen molar-refractivity contribution in [2.45, 2.75) is 32.4 Å². The highest BCUT2D eigenvalue weighted by Gasteiger charge is 2.49. The predicted octanol–water partition coefficient (Wildman–Crippen LogP) is 0.749. The van der Waals surface area contributed by atoms with E-state index in [1.165, 1.54) is 0 Å². The number of fused-ring (bicyclic) bond motifs is 1. The summed E-state index contributed by atoms with van der Waals surface area (Å²) in [5.41, 5.74) is -0.688. The largest absolute Gasteiger partial charge is 0.486 e. The van der Waals surface area contributed by atoms with Gasteiger partial charge in [-0.2, -0.15) is 0 Å². The van der Waals surface area contributed by atoms with Gasteiger partial charge in [0.05, 0.1) is 0 Å². The molecule has 1 aromatic carbocycles. The van der Waals surface area contributed by atoms with Crippen LogP contribution in [-0.4, -0.2) is 48.5 Å². The number of hydrogen-bond donors (Lipinski definition) is 2. The molecule has 1 saturated heterocycles.